The number of carbonyl (C=O) groups excluding carboxylic acids is 1. The van der Waals surface area contributed by atoms with Gasteiger partial charge in [0.2, 0.25) is 0 Å². The molecule has 116 valence electrons. The number of morpholine rings is 1. The number of amides is 1. The van der Waals surface area contributed by atoms with Crippen molar-refractivity contribution >= 4 is 17.1 Å². The summed E-state index contributed by atoms with van der Waals surface area (Å²) in [6, 6.07) is 1.74. The third-order valence-electron chi connectivity index (χ3n) is 4.43. The van der Waals surface area contributed by atoms with E-state index in [-0.39, 0.29) is 11.5 Å². The van der Waals surface area contributed by atoms with Gasteiger partial charge in [-0.2, -0.15) is 0 Å². The smallest absolute Gasteiger partial charge is 0.256 e. The molecule has 2 saturated heterocycles. The van der Waals surface area contributed by atoms with Gasteiger partial charge in [0.05, 0.1) is 31.6 Å². The fourth-order valence-electron chi connectivity index (χ4n) is 3.22. The first kappa shape index (κ1) is 13.7. The summed E-state index contributed by atoms with van der Waals surface area (Å²) in [7, 11) is 1.87. The lowest BCUT2D eigenvalue weighted by molar-refractivity contribution is -0.0995. The third-order valence-corrected chi connectivity index (χ3v) is 4.43. The van der Waals surface area contributed by atoms with Crippen LogP contribution in [0.5, 0.6) is 0 Å². The number of carbonyl (C=O) groups is 1. The number of ether oxygens (including phenoxy) is 2. The van der Waals surface area contributed by atoms with Crippen molar-refractivity contribution in [1.29, 1.82) is 0 Å². The molecule has 2 fully saturated rings. The molecular formula is C15H18N4O3. The van der Waals surface area contributed by atoms with E-state index in [1.807, 2.05) is 16.5 Å². The van der Waals surface area contributed by atoms with E-state index in [9.17, 15) is 4.79 Å². The lowest BCUT2D eigenvalue weighted by Crippen LogP contribution is -2.54. The van der Waals surface area contributed by atoms with Crippen LogP contribution in [0.4, 0.5) is 0 Å². The summed E-state index contributed by atoms with van der Waals surface area (Å²) in [6.07, 6.45) is 4.18. The maximum atomic E-state index is 12.9. The molecule has 0 aromatic carbocycles. The zero-order valence-electron chi connectivity index (χ0n) is 12.5. The Morgan fingerprint density at radius 1 is 1.36 bits per heavy atom. The highest BCUT2D eigenvalue weighted by Crippen LogP contribution is 2.28. The molecule has 0 N–H and O–H groups in total. The lowest BCUT2D eigenvalue weighted by Gasteiger charge is -2.39. The molecule has 0 saturated carbocycles. The largest absolute Gasteiger partial charge is 0.378 e. The van der Waals surface area contributed by atoms with Gasteiger partial charge < -0.3 is 18.9 Å². The number of imidazole rings is 1. The Hall–Kier alpha value is -1.99. The van der Waals surface area contributed by atoms with Crippen LogP contribution in [0.25, 0.3) is 11.2 Å². The molecule has 2 aliphatic rings. The van der Waals surface area contributed by atoms with Crippen LogP contribution in [0.3, 0.4) is 0 Å². The zero-order valence-corrected chi connectivity index (χ0v) is 12.5. The van der Waals surface area contributed by atoms with Crippen molar-refractivity contribution in [2.24, 2.45) is 7.05 Å². The number of aromatic nitrogens is 3. The summed E-state index contributed by atoms with van der Waals surface area (Å²) in [5.74, 6) is -0.0133. The van der Waals surface area contributed by atoms with Gasteiger partial charge in [0.15, 0.2) is 5.65 Å². The van der Waals surface area contributed by atoms with Crippen LogP contribution in [-0.2, 0) is 16.5 Å². The Labute approximate surface area is 127 Å². The molecule has 22 heavy (non-hydrogen) atoms. The fraction of sp³-hybridized carbons (Fsp3) is 0.533. The van der Waals surface area contributed by atoms with Crippen molar-refractivity contribution in [1.82, 2.24) is 19.4 Å². The molecule has 1 atom stereocenters. The second-order valence-corrected chi connectivity index (χ2v) is 5.95. The van der Waals surface area contributed by atoms with Gasteiger partial charge in [0.25, 0.3) is 5.91 Å². The SMILES string of the molecule is Cn1cnc2c(C(=O)N3CCOC4(CCOC4)C3)ccnc21. The Bertz CT molecular complexity index is 721. The molecule has 7 heteroatoms. The summed E-state index contributed by atoms with van der Waals surface area (Å²) in [5, 5.41) is 0. The van der Waals surface area contributed by atoms with Crippen LogP contribution < -0.4 is 0 Å². The first-order valence-corrected chi connectivity index (χ1v) is 7.46. The standard InChI is InChI=1S/C15H18N4O3/c1-18-10-17-12-11(2-4-16-13(12)18)14(20)19-5-7-22-15(8-19)3-6-21-9-15/h2,4,10H,3,5-9H2,1H3. The third kappa shape index (κ3) is 2.08. The monoisotopic (exact) mass is 302 g/mol. The van der Waals surface area contributed by atoms with Crippen molar-refractivity contribution in [3.63, 3.8) is 0 Å². The van der Waals surface area contributed by atoms with E-state index >= 15 is 0 Å². The van der Waals surface area contributed by atoms with Gasteiger partial charge in [-0.3, -0.25) is 4.79 Å². The molecule has 0 radical (unpaired) electrons. The van der Waals surface area contributed by atoms with E-state index in [1.165, 1.54) is 0 Å². The van der Waals surface area contributed by atoms with Gasteiger partial charge in [0.1, 0.15) is 11.1 Å². The van der Waals surface area contributed by atoms with Crippen LogP contribution in [-0.4, -0.2) is 63.9 Å². The zero-order chi connectivity index (χ0) is 15.2. The topological polar surface area (TPSA) is 69.5 Å². The minimum absolute atomic E-state index is 0.0133. The van der Waals surface area contributed by atoms with Crippen molar-refractivity contribution < 1.29 is 14.3 Å². The van der Waals surface area contributed by atoms with Crippen LogP contribution in [0.2, 0.25) is 0 Å². The molecule has 2 aliphatic heterocycles. The number of rotatable bonds is 1. The molecule has 4 heterocycles. The van der Waals surface area contributed by atoms with E-state index < -0.39 is 0 Å². The number of pyridine rings is 1. The molecule has 0 bridgehead atoms. The highest BCUT2D eigenvalue weighted by Gasteiger charge is 2.42. The Morgan fingerprint density at radius 2 is 2.27 bits per heavy atom. The first-order chi connectivity index (χ1) is 10.7. The van der Waals surface area contributed by atoms with Gasteiger partial charge in [-0.15, -0.1) is 0 Å². The van der Waals surface area contributed by atoms with E-state index in [0.717, 1.165) is 12.1 Å². The van der Waals surface area contributed by atoms with E-state index in [4.69, 9.17) is 9.47 Å². The molecular weight excluding hydrogens is 284 g/mol. The Kier molecular flexibility index (Phi) is 3.12. The van der Waals surface area contributed by atoms with Crippen LogP contribution in [0, 0.1) is 0 Å². The Morgan fingerprint density at radius 3 is 3.09 bits per heavy atom. The molecule has 2 aromatic rings. The normalized spacial score (nSPS) is 25.2. The van der Waals surface area contributed by atoms with Gasteiger partial charge in [0, 0.05) is 32.8 Å². The number of aryl methyl sites for hydroxylation is 1. The van der Waals surface area contributed by atoms with Crippen LogP contribution in [0.15, 0.2) is 18.6 Å². The number of nitrogens with zero attached hydrogens (tertiary/aromatic N) is 4. The van der Waals surface area contributed by atoms with Crippen LogP contribution >= 0.6 is 0 Å². The highest BCUT2D eigenvalue weighted by molar-refractivity contribution is 6.04. The molecule has 2 aromatic heterocycles. The van der Waals surface area contributed by atoms with Crippen molar-refractivity contribution in [3.8, 4) is 0 Å². The second-order valence-electron chi connectivity index (χ2n) is 5.95. The predicted octanol–water partition coefficient (Wildman–Crippen LogP) is 0.600. The fourth-order valence-corrected chi connectivity index (χ4v) is 3.22. The van der Waals surface area contributed by atoms with Gasteiger partial charge in [-0.05, 0) is 6.07 Å². The average Bonchev–Trinajstić information content (AvgIpc) is 3.14. The summed E-state index contributed by atoms with van der Waals surface area (Å²) in [5.41, 5.74) is 1.64. The number of hydrogen-bond donors (Lipinski definition) is 0. The van der Waals surface area contributed by atoms with Crippen LogP contribution in [0.1, 0.15) is 16.8 Å². The minimum Gasteiger partial charge on any atom is -0.378 e. The molecule has 4 rings (SSSR count). The Balaban J connectivity index is 1.65. The summed E-state index contributed by atoms with van der Waals surface area (Å²) in [4.78, 5) is 23.4. The molecule has 7 nitrogen and oxygen atoms in total. The van der Waals surface area contributed by atoms with E-state index in [0.29, 0.717) is 44.0 Å². The summed E-state index contributed by atoms with van der Waals surface area (Å²) < 4.78 is 13.2. The van der Waals surface area contributed by atoms with Crippen molar-refractivity contribution in [3.05, 3.63) is 24.2 Å². The first-order valence-electron chi connectivity index (χ1n) is 7.46. The number of hydrogen-bond acceptors (Lipinski definition) is 5. The molecule has 1 amide bonds. The maximum absolute atomic E-state index is 12.9. The summed E-state index contributed by atoms with van der Waals surface area (Å²) >= 11 is 0. The van der Waals surface area contributed by atoms with E-state index in [1.54, 1.807) is 18.6 Å². The molecule has 0 aliphatic carbocycles. The quantitative estimate of drug-likeness (QED) is 0.771. The molecule has 1 spiro atoms. The second kappa shape index (κ2) is 5.03. The minimum atomic E-state index is -0.329. The number of fused-ring (bicyclic) bond motifs is 1. The molecule has 1 unspecified atom stereocenters. The average molecular weight is 302 g/mol. The maximum Gasteiger partial charge on any atom is 0.256 e. The van der Waals surface area contributed by atoms with Gasteiger partial charge >= 0.3 is 0 Å². The van der Waals surface area contributed by atoms with Crippen molar-refractivity contribution in [2.45, 2.75) is 12.0 Å². The summed E-state index contributed by atoms with van der Waals surface area (Å²) in [6.45, 7) is 2.97. The van der Waals surface area contributed by atoms with Gasteiger partial charge in [-0.25, -0.2) is 9.97 Å². The lowest BCUT2D eigenvalue weighted by atomic mass is 10.00. The predicted molar refractivity (Wildman–Crippen MR) is 78.5 cm³/mol. The van der Waals surface area contributed by atoms with E-state index in [2.05, 4.69) is 9.97 Å². The highest BCUT2D eigenvalue weighted by atomic mass is 16.6. The van der Waals surface area contributed by atoms with Crippen molar-refractivity contribution in [2.75, 3.05) is 32.9 Å². The van der Waals surface area contributed by atoms with Gasteiger partial charge in [-0.1, -0.05) is 0 Å².